The number of amides is 1. The number of aliphatic hydroxyl groups is 2. The van der Waals surface area contributed by atoms with E-state index in [1.165, 1.54) is 5.56 Å². The molecule has 8 nitrogen and oxygen atoms in total. The normalized spacial score (nSPS) is 12.7. The van der Waals surface area contributed by atoms with Crippen LogP contribution in [-0.2, 0) is 11.2 Å². The number of likely N-dealkylation sites (N-methyl/N-ethyl adjacent to an activating group) is 1. The average Bonchev–Trinajstić information content (AvgIpc) is 2.89. The average molecular weight is 540 g/mol. The number of nitrogens with zero attached hydrogens (tertiary/aromatic N) is 2. The number of rotatable bonds is 10. The van der Waals surface area contributed by atoms with Crippen LogP contribution < -0.4 is 10.1 Å². The van der Waals surface area contributed by atoms with Gasteiger partial charge in [0.15, 0.2) is 0 Å². The minimum atomic E-state index is -0.789. The Hall–Kier alpha value is -3.30. The van der Waals surface area contributed by atoms with Crippen LogP contribution in [0.5, 0.6) is 5.75 Å². The molecule has 3 unspecified atom stereocenters. The van der Waals surface area contributed by atoms with Crippen molar-refractivity contribution in [2.75, 3.05) is 41.5 Å². The Labute approximate surface area is 233 Å². The van der Waals surface area contributed by atoms with Gasteiger partial charge in [0.1, 0.15) is 11.4 Å². The van der Waals surface area contributed by atoms with Crippen LogP contribution >= 0.6 is 0 Å². The number of hydrogen-bond acceptors (Lipinski definition) is 7. The van der Waals surface area contributed by atoms with E-state index in [2.05, 4.69) is 15.0 Å². The van der Waals surface area contributed by atoms with Crippen LogP contribution in [0.3, 0.4) is 0 Å². The van der Waals surface area contributed by atoms with Crippen molar-refractivity contribution in [1.82, 2.24) is 15.2 Å². The van der Waals surface area contributed by atoms with E-state index in [0.717, 1.165) is 17.0 Å². The Kier molecular flexibility index (Phi) is 16.3. The number of aryl methyl sites for hydroxylation is 2. The van der Waals surface area contributed by atoms with Gasteiger partial charge in [-0.1, -0.05) is 48.5 Å². The Morgan fingerprint density at radius 3 is 2.13 bits per heavy atom. The Balaban J connectivity index is 0.000000524. The second-order valence-electron chi connectivity index (χ2n) is 9.50. The number of carbonyl (C=O) groups excluding carboxylic acids is 1. The summed E-state index contributed by atoms with van der Waals surface area (Å²) in [6, 6.07) is 22.5. The molecule has 0 bridgehead atoms. The molecule has 0 radical (unpaired) electrons. The van der Waals surface area contributed by atoms with Gasteiger partial charge in [0.05, 0.1) is 25.4 Å². The molecule has 2 aromatic carbocycles. The van der Waals surface area contributed by atoms with Gasteiger partial charge in [0, 0.05) is 33.0 Å². The van der Waals surface area contributed by atoms with Crippen molar-refractivity contribution in [1.29, 1.82) is 0 Å². The zero-order valence-corrected chi connectivity index (χ0v) is 24.3. The predicted molar refractivity (Wildman–Crippen MR) is 156 cm³/mol. The fraction of sp³-hybridized carbons (Fsp3) is 0.419. The number of ether oxygens (including phenoxy) is 2. The number of nitrogens with one attached hydrogen (secondary N) is 1. The highest BCUT2D eigenvalue weighted by Crippen LogP contribution is 2.11. The standard InChI is InChI=1S/C21H29N3O3.C8H10O.C2H6O/c1-15-8-7-11-18(22-15)21(27)23-19(12-17-9-5-4-6-10-17)20(26)14-24(3)13-16(2)25;1-7-4-3-5-8(6-7)9-2;1-3-2/h4-11,16,19-20,25-26H,12-14H2,1-3H3,(H,23,27);3-6H,1-2H3;1-2H3. The summed E-state index contributed by atoms with van der Waals surface area (Å²) in [5, 5.41) is 23.2. The number of methoxy groups -OCH3 is 2. The molecule has 39 heavy (non-hydrogen) atoms. The van der Waals surface area contributed by atoms with E-state index in [4.69, 9.17) is 4.74 Å². The van der Waals surface area contributed by atoms with Crippen molar-refractivity contribution in [3.05, 3.63) is 95.3 Å². The topological polar surface area (TPSA) is 104 Å². The maximum Gasteiger partial charge on any atom is 0.270 e. The number of pyridine rings is 1. The molecule has 3 rings (SSSR count). The lowest BCUT2D eigenvalue weighted by Crippen LogP contribution is -2.49. The number of hydrogen-bond donors (Lipinski definition) is 3. The van der Waals surface area contributed by atoms with Gasteiger partial charge in [-0.05, 0) is 69.6 Å². The number of aliphatic hydroxyl groups excluding tert-OH is 2. The first-order valence-electron chi connectivity index (χ1n) is 12.9. The fourth-order valence-electron chi connectivity index (χ4n) is 3.78. The Morgan fingerprint density at radius 1 is 0.949 bits per heavy atom. The lowest BCUT2D eigenvalue weighted by Gasteiger charge is -2.28. The second kappa shape index (κ2) is 18.9. The zero-order valence-electron chi connectivity index (χ0n) is 24.3. The third kappa shape index (κ3) is 14.4. The monoisotopic (exact) mass is 539 g/mol. The van der Waals surface area contributed by atoms with Crippen LogP contribution in [0, 0.1) is 13.8 Å². The van der Waals surface area contributed by atoms with E-state index in [-0.39, 0.29) is 5.91 Å². The third-order valence-electron chi connectivity index (χ3n) is 5.50. The molecule has 1 aromatic heterocycles. The van der Waals surface area contributed by atoms with Crippen molar-refractivity contribution in [2.45, 2.75) is 45.4 Å². The third-order valence-corrected chi connectivity index (χ3v) is 5.50. The highest BCUT2D eigenvalue weighted by Gasteiger charge is 2.24. The van der Waals surface area contributed by atoms with Gasteiger partial charge >= 0.3 is 0 Å². The van der Waals surface area contributed by atoms with Crippen LogP contribution in [0.1, 0.15) is 34.2 Å². The molecule has 0 spiro atoms. The maximum absolute atomic E-state index is 12.6. The molecule has 3 aromatic rings. The first-order chi connectivity index (χ1) is 18.6. The smallest absolute Gasteiger partial charge is 0.270 e. The van der Waals surface area contributed by atoms with Crippen molar-refractivity contribution in [3.63, 3.8) is 0 Å². The molecule has 0 aliphatic carbocycles. The molecule has 1 heterocycles. The first kappa shape index (κ1) is 33.7. The van der Waals surface area contributed by atoms with Gasteiger partial charge in [-0.2, -0.15) is 0 Å². The number of benzene rings is 2. The van der Waals surface area contributed by atoms with Gasteiger partial charge in [-0.25, -0.2) is 4.98 Å². The summed E-state index contributed by atoms with van der Waals surface area (Å²) in [5.74, 6) is 0.617. The van der Waals surface area contributed by atoms with E-state index in [1.807, 2.05) is 86.5 Å². The molecule has 0 aliphatic rings. The van der Waals surface area contributed by atoms with Crippen molar-refractivity contribution in [2.24, 2.45) is 0 Å². The van der Waals surface area contributed by atoms with Crippen molar-refractivity contribution < 1.29 is 24.5 Å². The summed E-state index contributed by atoms with van der Waals surface area (Å²) >= 11 is 0. The lowest BCUT2D eigenvalue weighted by atomic mass is 10.0. The van der Waals surface area contributed by atoms with Crippen molar-refractivity contribution in [3.8, 4) is 5.75 Å². The van der Waals surface area contributed by atoms with E-state index < -0.39 is 18.2 Å². The zero-order chi connectivity index (χ0) is 29.2. The largest absolute Gasteiger partial charge is 0.497 e. The predicted octanol–water partition coefficient (Wildman–Crippen LogP) is 3.67. The van der Waals surface area contributed by atoms with Crippen molar-refractivity contribution >= 4 is 5.91 Å². The van der Waals surface area contributed by atoms with E-state index in [0.29, 0.717) is 25.2 Å². The van der Waals surface area contributed by atoms with E-state index >= 15 is 0 Å². The van der Waals surface area contributed by atoms with Crippen LogP contribution in [0.2, 0.25) is 0 Å². The summed E-state index contributed by atoms with van der Waals surface area (Å²) in [7, 11) is 6.76. The van der Waals surface area contributed by atoms with Gasteiger partial charge in [-0.3, -0.25) is 4.79 Å². The quantitative estimate of drug-likeness (QED) is 0.361. The molecular weight excluding hydrogens is 494 g/mol. The highest BCUT2D eigenvalue weighted by atomic mass is 16.5. The lowest BCUT2D eigenvalue weighted by molar-refractivity contribution is 0.0609. The van der Waals surface area contributed by atoms with Gasteiger partial charge in [0.25, 0.3) is 5.91 Å². The highest BCUT2D eigenvalue weighted by molar-refractivity contribution is 5.92. The van der Waals surface area contributed by atoms with E-state index in [9.17, 15) is 15.0 Å². The molecule has 0 saturated heterocycles. The first-order valence-corrected chi connectivity index (χ1v) is 12.9. The summed E-state index contributed by atoms with van der Waals surface area (Å²) < 4.78 is 9.25. The summed E-state index contributed by atoms with van der Waals surface area (Å²) in [5.41, 5.74) is 3.35. The molecule has 214 valence electrons. The molecule has 8 heteroatoms. The van der Waals surface area contributed by atoms with Gasteiger partial charge < -0.3 is 29.9 Å². The molecule has 3 atom stereocenters. The maximum atomic E-state index is 12.6. The molecule has 1 amide bonds. The molecule has 0 aliphatic heterocycles. The Bertz CT molecular complexity index is 1080. The van der Waals surface area contributed by atoms with Gasteiger partial charge in [0.2, 0.25) is 0 Å². The number of aromatic nitrogens is 1. The molecule has 0 saturated carbocycles. The van der Waals surface area contributed by atoms with Gasteiger partial charge in [-0.15, -0.1) is 0 Å². The van der Waals surface area contributed by atoms with Crippen LogP contribution in [-0.4, -0.2) is 85.7 Å². The summed E-state index contributed by atoms with van der Waals surface area (Å²) in [6.07, 6.45) is -0.772. The van der Waals surface area contributed by atoms with Crippen LogP contribution in [0.15, 0.2) is 72.8 Å². The number of carbonyl (C=O) groups is 1. The molecule has 0 fully saturated rings. The second-order valence-corrected chi connectivity index (χ2v) is 9.50. The minimum Gasteiger partial charge on any atom is -0.497 e. The SMILES string of the molecule is COC.COc1cccc(C)c1.Cc1cccc(C(=O)NC(Cc2ccccc2)C(O)CN(C)CC(C)O)n1. The minimum absolute atomic E-state index is 0.308. The molecular formula is C31H45N3O5. The van der Waals surface area contributed by atoms with Crippen LogP contribution in [0.4, 0.5) is 0 Å². The molecule has 3 N–H and O–H groups in total. The fourth-order valence-corrected chi connectivity index (χ4v) is 3.78. The Morgan fingerprint density at radius 2 is 1.59 bits per heavy atom. The van der Waals surface area contributed by atoms with E-state index in [1.54, 1.807) is 40.4 Å². The van der Waals surface area contributed by atoms with Crippen LogP contribution in [0.25, 0.3) is 0 Å². The summed E-state index contributed by atoms with van der Waals surface area (Å²) in [4.78, 5) is 18.7. The summed E-state index contributed by atoms with van der Waals surface area (Å²) in [6.45, 7) is 6.36.